The number of nitrogens with one attached hydrogen (secondary N) is 1. The van der Waals surface area contributed by atoms with Crippen LogP contribution in [-0.4, -0.2) is 56.3 Å². The molecule has 0 bridgehead atoms. The number of carbonyl (C=O) groups is 1. The first-order chi connectivity index (χ1) is 16.2. The van der Waals surface area contributed by atoms with Gasteiger partial charge in [-0.2, -0.15) is 8.78 Å². The van der Waals surface area contributed by atoms with Crippen LogP contribution >= 0.6 is 0 Å². The lowest BCUT2D eigenvalue weighted by Gasteiger charge is -2.34. The monoisotopic (exact) mass is 494 g/mol. The lowest BCUT2D eigenvalue weighted by molar-refractivity contribution is -0.157. The highest BCUT2D eigenvalue weighted by Crippen LogP contribution is 2.56. The molecule has 1 aliphatic carbocycles. The molecule has 10 heteroatoms. The summed E-state index contributed by atoms with van der Waals surface area (Å²) < 4.78 is 73.8. The van der Waals surface area contributed by atoms with Crippen molar-refractivity contribution in [2.24, 2.45) is 5.41 Å². The maximum atomic E-state index is 15.6. The van der Waals surface area contributed by atoms with Crippen LogP contribution in [0.5, 0.6) is 0 Å². The number of carbonyl (C=O) groups excluding carboxylic acids is 1. The minimum Gasteiger partial charge on any atom is -0.368 e. The van der Waals surface area contributed by atoms with Gasteiger partial charge in [0.2, 0.25) is 0 Å². The number of likely N-dealkylation sites (tertiary alicyclic amines) is 1. The lowest BCUT2D eigenvalue weighted by Crippen LogP contribution is -2.53. The summed E-state index contributed by atoms with van der Waals surface area (Å²) in [6.07, 6.45) is 1.09. The van der Waals surface area contributed by atoms with Crippen LogP contribution in [0.3, 0.4) is 0 Å². The van der Waals surface area contributed by atoms with Crippen LogP contribution in [0.1, 0.15) is 24.8 Å². The molecule has 1 spiro atoms. The molecule has 0 aromatic heterocycles. The van der Waals surface area contributed by atoms with Crippen molar-refractivity contribution in [1.82, 2.24) is 9.62 Å². The van der Waals surface area contributed by atoms with Crippen LogP contribution in [0.2, 0.25) is 0 Å². The highest BCUT2D eigenvalue weighted by molar-refractivity contribution is 7.89. The van der Waals surface area contributed by atoms with Crippen LogP contribution in [0, 0.1) is 11.2 Å². The van der Waals surface area contributed by atoms with Gasteiger partial charge in [-0.1, -0.05) is 48.5 Å². The van der Waals surface area contributed by atoms with Crippen LogP contribution < -0.4 is 4.72 Å². The van der Waals surface area contributed by atoms with Crippen molar-refractivity contribution in [3.63, 3.8) is 0 Å². The lowest BCUT2D eigenvalue weighted by atomic mass is 9.91. The molecule has 2 saturated heterocycles. The third-order valence-corrected chi connectivity index (χ3v) is 8.25. The van der Waals surface area contributed by atoms with Crippen LogP contribution in [0.15, 0.2) is 48.5 Å². The van der Waals surface area contributed by atoms with E-state index in [0.717, 1.165) is 0 Å². The second kappa shape index (κ2) is 8.66. The van der Waals surface area contributed by atoms with Crippen molar-refractivity contribution in [2.75, 3.05) is 13.2 Å². The van der Waals surface area contributed by atoms with Crippen molar-refractivity contribution in [2.45, 2.75) is 49.6 Å². The zero-order valence-corrected chi connectivity index (χ0v) is 19.1. The van der Waals surface area contributed by atoms with E-state index in [-0.39, 0.29) is 24.4 Å². The fourth-order valence-corrected chi connectivity index (χ4v) is 5.96. The second-order valence-corrected chi connectivity index (χ2v) is 11.0. The Bertz CT molecular complexity index is 1180. The first kappa shape index (κ1) is 23.3. The fraction of sp³-hybridized carbons (Fsp3) is 0.458. The van der Waals surface area contributed by atoms with E-state index in [1.807, 2.05) is 6.07 Å². The van der Waals surface area contributed by atoms with Gasteiger partial charge in [0.15, 0.2) is 0 Å². The third-order valence-electron chi connectivity index (χ3n) is 7.20. The molecule has 0 radical (unpaired) electrons. The van der Waals surface area contributed by atoms with Crippen molar-refractivity contribution in [3.8, 4) is 11.1 Å². The Morgan fingerprint density at radius 1 is 1.15 bits per heavy atom. The van der Waals surface area contributed by atoms with E-state index in [2.05, 4.69) is 4.72 Å². The first-order valence-corrected chi connectivity index (χ1v) is 12.8. The second-order valence-electron chi connectivity index (χ2n) is 9.29. The molecule has 3 aliphatic rings. The number of sulfonamides is 1. The van der Waals surface area contributed by atoms with Gasteiger partial charge in [-0.05, 0) is 30.4 Å². The Hall–Kier alpha value is -2.43. The summed E-state index contributed by atoms with van der Waals surface area (Å²) in [5, 5.41) is 0. The number of nitrogens with zero attached hydrogens (tertiary/aromatic N) is 1. The predicted octanol–water partition coefficient (Wildman–Crippen LogP) is 3.33. The smallest absolute Gasteiger partial charge is 0.350 e. The van der Waals surface area contributed by atoms with E-state index in [0.29, 0.717) is 37.0 Å². The third kappa shape index (κ3) is 4.12. The minimum absolute atomic E-state index is 0.0108. The number of halogens is 3. The summed E-state index contributed by atoms with van der Waals surface area (Å²) in [6, 6.07) is 12.2. The topological polar surface area (TPSA) is 75.7 Å². The number of alkyl halides is 2. The van der Waals surface area contributed by atoms with Gasteiger partial charge in [0.1, 0.15) is 11.9 Å². The Labute approximate surface area is 196 Å². The van der Waals surface area contributed by atoms with Gasteiger partial charge < -0.3 is 9.64 Å². The van der Waals surface area contributed by atoms with E-state index < -0.39 is 45.2 Å². The van der Waals surface area contributed by atoms with Gasteiger partial charge in [0.05, 0.1) is 12.6 Å². The fourth-order valence-electron chi connectivity index (χ4n) is 5.09. The molecule has 6 nitrogen and oxygen atoms in total. The van der Waals surface area contributed by atoms with Crippen molar-refractivity contribution >= 4 is 15.9 Å². The molecule has 1 amide bonds. The predicted molar refractivity (Wildman–Crippen MR) is 119 cm³/mol. The maximum absolute atomic E-state index is 15.6. The molecule has 1 saturated carbocycles. The van der Waals surface area contributed by atoms with Gasteiger partial charge in [-0.15, -0.1) is 0 Å². The molecular weight excluding hydrogens is 469 g/mol. The summed E-state index contributed by atoms with van der Waals surface area (Å²) in [5.74, 6) is -4.38. The quantitative estimate of drug-likeness (QED) is 0.641. The zero-order chi connectivity index (χ0) is 24.1. The number of ether oxygens (including phenoxy) is 1. The van der Waals surface area contributed by atoms with Gasteiger partial charge in [-0.25, -0.2) is 17.5 Å². The average molecular weight is 495 g/mol. The number of amides is 1. The zero-order valence-electron chi connectivity index (χ0n) is 18.3. The van der Waals surface area contributed by atoms with Crippen molar-refractivity contribution in [1.29, 1.82) is 0 Å². The summed E-state index contributed by atoms with van der Waals surface area (Å²) >= 11 is 0. The maximum Gasteiger partial charge on any atom is 0.350 e. The van der Waals surface area contributed by atoms with Crippen molar-refractivity contribution < 1.29 is 31.1 Å². The molecule has 2 aliphatic heterocycles. The Kier molecular flexibility index (Phi) is 5.94. The Morgan fingerprint density at radius 3 is 2.44 bits per heavy atom. The average Bonchev–Trinajstić information content (AvgIpc) is 3.49. The first-order valence-electron chi connectivity index (χ1n) is 11.3. The Morgan fingerprint density at radius 2 is 1.85 bits per heavy atom. The summed E-state index contributed by atoms with van der Waals surface area (Å²) in [4.78, 5) is 14.7. The van der Waals surface area contributed by atoms with Gasteiger partial charge >= 0.3 is 5.76 Å². The van der Waals surface area contributed by atoms with E-state index in [4.69, 9.17) is 4.74 Å². The minimum atomic E-state index is -4.91. The molecule has 3 fully saturated rings. The molecule has 1 unspecified atom stereocenters. The van der Waals surface area contributed by atoms with Gasteiger partial charge in [-0.3, -0.25) is 4.79 Å². The molecule has 2 aromatic carbocycles. The molecule has 3 atom stereocenters. The van der Waals surface area contributed by atoms with Crippen molar-refractivity contribution in [3.05, 3.63) is 59.9 Å². The molecule has 1 N–H and O–H groups in total. The number of hydrogen-bond acceptors (Lipinski definition) is 4. The van der Waals surface area contributed by atoms with Gasteiger partial charge in [0, 0.05) is 30.0 Å². The number of benzene rings is 2. The highest BCUT2D eigenvalue weighted by Gasteiger charge is 2.62. The van der Waals surface area contributed by atoms with Crippen LogP contribution in [0.4, 0.5) is 13.2 Å². The molecular formula is C24H25F3N2O4S. The SMILES string of the molecule is O=C(C1CCO1)N1CC2(CC2)[C@H](NS(=O)(=O)C(F)F)[C@@H]1Cc1cccc(-c2ccccc2)c1F. The van der Waals surface area contributed by atoms with E-state index >= 15 is 4.39 Å². The largest absolute Gasteiger partial charge is 0.368 e. The number of hydrogen-bond donors (Lipinski definition) is 1. The summed E-state index contributed by atoms with van der Waals surface area (Å²) in [5.41, 5.74) is 0.719. The van der Waals surface area contributed by atoms with Gasteiger partial charge in [0.25, 0.3) is 15.9 Å². The normalized spacial score (nSPS) is 25.5. The summed E-state index contributed by atoms with van der Waals surface area (Å²) in [7, 11) is -4.91. The molecule has 34 heavy (non-hydrogen) atoms. The van der Waals surface area contributed by atoms with Crippen LogP contribution in [-0.2, 0) is 26.0 Å². The summed E-state index contributed by atoms with van der Waals surface area (Å²) in [6.45, 7) is 0.683. The molecule has 182 valence electrons. The van der Waals surface area contributed by atoms with E-state index in [1.165, 1.54) is 4.90 Å². The number of rotatable bonds is 7. The van der Waals surface area contributed by atoms with E-state index in [1.54, 1.807) is 42.5 Å². The molecule has 2 heterocycles. The highest BCUT2D eigenvalue weighted by atomic mass is 32.2. The molecule has 5 rings (SSSR count). The standard InChI is InChI=1S/C24H25F3N2O4S/c25-20-16(7-4-8-17(20)15-5-2-1-3-6-15)13-18-21(28-34(31,32)23(26)27)24(10-11-24)14-29(18)22(30)19-9-12-33-19/h1-8,18-19,21,23,28H,9-14H2/t18-,19?,21+/m0/s1. The Balaban J connectivity index is 1.51. The molecule has 2 aromatic rings. The van der Waals surface area contributed by atoms with Crippen LogP contribution in [0.25, 0.3) is 11.1 Å². The van der Waals surface area contributed by atoms with E-state index in [9.17, 15) is 22.0 Å².